The third-order valence-electron chi connectivity index (χ3n) is 5.56. The van der Waals surface area contributed by atoms with Crippen LogP contribution in [-0.4, -0.2) is 11.6 Å². The van der Waals surface area contributed by atoms with Gasteiger partial charge in [-0.25, -0.2) is 9.18 Å². The molecule has 3 nitrogen and oxygen atoms in total. The summed E-state index contributed by atoms with van der Waals surface area (Å²) >= 11 is 0. The van der Waals surface area contributed by atoms with E-state index < -0.39 is 11.8 Å². The lowest BCUT2D eigenvalue weighted by Gasteiger charge is -2.34. The molecule has 2 aromatic rings. The standard InChI is InChI=1S/C21H21FO3/c1-21(13-14-7-9-16(21)11-14)25-19-12-15(8-10-18(19)22)20(23)24-17-5-3-2-4-6-17/h2-6,8,10,12,14,16H,7,9,11,13H2,1H3. The molecule has 2 aliphatic carbocycles. The molecule has 0 amide bonds. The topological polar surface area (TPSA) is 35.5 Å². The molecule has 2 bridgehead atoms. The van der Waals surface area contributed by atoms with Crippen molar-refractivity contribution in [2.75, 3.05) is 0 Å². The first-order chi connectivity index (χ1) is 12.0. The number of hydrogen-bond acceptors (Lipinski definition) is 3. The highest BCUT2D eigenvalue weighted by atomic mass is 19.1. The van der Waals surface area contributed by atoms with Crippen molar-refractivity contribution >= 4 is 5.97 Å². The largest absolute Gasteiger partial charge is 0.484 e. The minimum atomic E-state index is -0.519. The first kappa shape index (κ1) is 16.1. The van der Waals surface area contributed by atoms with Gasteiger partial charge in [-0.05, 0) is 74.8 Å². The van der Waals surface area contributed by atoms with Crippen molar-refractivity contribution < 1.29 is 18.7 Å². The predicted octanol–water partition coefficient (Wildman–Crippen LogP) is 5.00. The molecule has 3 atom stereocenters. The van der Waals surface area contributed by atoms with Crippen LogP contribution >= 0.6 is 0 Å². The van der Waals surface area contributed by atoms with E-state index in [1.807, 2.05) is 6.07 Å². The summed E-state index contributed by atoms with van der Waals surface area (Å²) in [6.45, 7) is 2.06. The Morgan fingerprint density at radius 2 is 1.96 bits per heavy atom. The van der Waals surface area contributed by atoms with Gasteiger partial charge in [0.05, 0.1) is 5.56 Å². The zero-order chi connectivity index (χ0) is 17.4. The second kappa shape index (κ2) is 6.17. The minimum Gasteiger partial charge on any atom is -0.484 e. The summed E-state index contributed by atoms with van der Waals surface area (Å²) in [6.07, 6.45) is 4.50. The molecule has 4 rings (SSSR count). The highest BCUT2D eigenvalue weighted by molar-refractivity contribution is 5.91. The zero-order valence-corrected chi connectivity index (χ0v) is 14.2. The van der Waals surface area contributed by atoms with Crippen molar-refractivity contribution in [1.29, 1.82) is 0 Å². The summed E-state index contributed by atoms with van der Waals surface area (Å²) in [5.41, 5.74) is -0.0573. The van der Waals surface area contributed by atoms with Gasteiger partial charge in [0.15, 0.2) is 11.6 Å². The number of para-hydroxylation sites is 1. The number of hydrogen-bond donors (Lipinski definition) is 0. The third-order valence-corrected chi connectivity index (χ3v) is 5.56. The molecule has 4 heteroatoms. The number of carbonyl (C=O) groups is 1. The number of ether oxygens (including phenoxy) is 2. The van der Waals surface area contributed by atoms with Gasteiger partial charge in [-0.2, -0.15) is 0 Å². The molecular weight excluding hydrogens is 319 g/mol. The molecule has 2 aromatic carbocycles. The van der Waals surface area contributed by atoms with Gasteiger partial charge in [0, 0.05) is 0 Å². The summed E-state index contributed by atoms with van der Waals surface area (Å²) in [6, 6.07) is 13.0. The molecule has 2 aliphatic rings. The fourth-order valence-corrected chi connectivity index (χ4v) is 4.29. The quantitative estimate of drug-likeness (QED) is 0.580. The van der Waals surface area contributed by atoms with Gasteiger partial charge in [-0.3, -0.25) is 0 Å². The predicted molar refractivity (Wildman–Crippen MR) is 92.3 cm³/mol. The van der Waals surface area contributed by atoms with Crippen molar-refractivity contribution in [1.82, 2.24) is 0 Å². The lowest BCUT2D eigenvalue weighted by Crippen LogP contribution is -2.38. The molecule has 0 spiro atoms. The molecular formula is C21H21FO3. The van der Waals surface area contributed by atoms with Crippen LogP contribution < -0.4 is 9.47 Å². The van der Waals surface area contributed by atoms with Gasteiger partial charge in [0.2, 0.25) is 0 Å². The maximum atomic E-state index is 14.2. The van der Waals surface area contributed by atoms with Crippen LogP contribution in [0.4, 0.5) is 4.39 Å². The van der Waals surface area contributed by atoms with Gasteiger partial charge in [0.1, 0.15) is 11.4 Å². The Hall–Kier alpha value is -2.36. The van der Waals surface area contributed by atoms with Crippen molar-refractivity contribution in [2.24, 2.45) is 11.8 Å². The van der Waals surface area contributed by atoms with Crippen LogP contribution in [0.15, 0.2) is 48.5 Å². The molecule has 0 radical (unpaired) electrons. The van der Waals surface area contributed by atoms with Crippen LogP contribution in [0.3, 0.4) is 0 Å². The van der Waals surface area contributed by atoms with Crippen LogP contribution in [-0.2, 0) is 0 Å². The fraction of sp³-hybridized carbons (Fsp3) is 0.381. The summed E-state index contributed by atoms with van der Waals surface area (Å²) in [4.78, 5) is 12.3. The van der Waals surface area contributed by atoms with E-state index in [0.717, 1.165) is 19.3 Å². The Morgan fingerprint density at radius 3 is 2.64 bits per heavy atom. The van der Waals surface area contributed by atoms with E-state index in [1.165, 1.54) is 24.6 Å². The molecule has 3 unspecified atom stereocenters. The van der Waals surface area contributed by atoms with Crippen LogP contribution in [0.5, 0.6) is 11.5 Å². The first-order valence-electron chi connectivity index (χ1n) is 8.79. The molecule has 130 valence electrons. The van der Waals surface area contributed by atoms with Gasteiger partial charge in [0.25, 0.3) is 0 Å². The summed E-state index contributed by atoms with van der Waals surface area (Å²) in [5, 5.41) is 0. The number of esters is 1. The van der Waals surface area contributed by atoms with Crippen LogP contribution in [0, 0.1) is 17.7 Å². The van der Waals surface area contributed by atoms with Crippen molar-refractivity contribution in [3.8, 4) is 11.5 Å². The van der Waals surface area contributed by atoms with Crippen LogP contribution in [0.2, 0.25) is 0 Å². The van der Waals surface area contributed by atoms with Gasteiger partial charge < -0.3 is 9.47 Å². The van der Waals surface area contributed by atoms with Crippen LogP contribution in [0.25, 0.3) is 0 Å². The molecule has 25 heavy (non-hydrogen) atoms. The second-order valence-corrected chi connectivity index (χ2v) is 7.34. The van der Waals surface area contributed by atoms with E-state index in [1.54, 1.807) is 24.3 Å². The first-order valence-corrected chi connectivity index (χ1v) is 8.79. The van der Waals surface area contributed by atoms with E-state index in [2.05, 4.69) is 6.92 Å². The Bertz CT molecular complexity index is 789. The van der Waals surface area contributed by atoms with Gasteiger partial charge >= 0.3 is 5.97 Å². The van der Waals surface area contributed by atoms with Gasteiger partial charge in [-0.15, -0.1) is 0 Å². The fourth-order valence-electron chi connectivity index (χ4n) is 4.29. The summed E-state index contributed by atoms with van der Waals surface area (Å²) in [5.74, 6) is 0.785. The van der Waals surface area contributed by atoms with Crippen molar-refractivity contribution in [2.45, 2.75) is 38.2 Å². The lowest BCUT2D eigenvalue weighted by molar-refractivity contribution is 0.0275. The summed E-state index contributed by atoms with van der Waals surface area (Å²) in [7, 11) is 0. The number of benzene rings is 2. The Balaban J connectivity index is 1.53. The van der Waals surface area contributed by atoms with Crippen LogP contribution in [0.1, 0.15) is 43.0 Å². The van der Waals surface area contributed by atoms with Crippen molar-refractivity contribution in [3.05, 3.63) is 59.9 Å². The number of halogens is 1. The highest BCUT2D eigenvalue weighted by Crippen LogP contribution is 2.52. The van der Waals surface area contributed by atoms with Gasteiger partial charge in [-0.1, -0.05) is 18.2 Å². The van der Waals surface area contributed by atoms with E-state index in [-0.39, 0.29) is 16.9 Å². The maximum absolute atomic E-state index is 14.2. The zero-order valence-electron chi connectivity index (χ0n) is 14.2. The lowest BCUT2D eigenvalue weighted by atomic mass is 9.85. The van der Waals surface area contributed by atoms with E-state index in [0.29, 0.717) is 17.6 Å². The Labute approximate surface area is 146 Å². The Kier molecular flexibility index (Phi) is 3.98. The average Bonchev–Trinajstić information content (AvgIpc) is 3.18. The van der Waals surface area contributed by atoms with E-state index >= 15 is 0 Å². The monoisotopic (exact) mass is 340 g/mol. The number of fused-ring (bicyclic) bond motifs is 2. The van der Waals surface area contributed by atoms with Crippen molar-refractivity contribution in [3.63, 3.8) is 0 Å². The summed E-state index contributed by atoms with van der Waals surface area (Å²) < 4.78 is 25.7. The van der Waals surface area contributed by atoms with E-state index in [4.69, 9.17) is 9.47 Å². The number of rotatable bonds is 4. The molecule has 0 aromatic heterocycles. The smallest absolute Gasteiger partial charge is 0.343 e. The second-order valence-electron chi connectivity index (χ2n) is 7.34. The minimum absolute atomic E-state index is 0.137. The maximum Gasteiger partial charge on any atom is 0.343 e. The molecule has 2 saturated carbocycles. The third kappa shape index (κ3) is 3.13. The molecule has 0 aliphatic heterocycles. The number of carbonyl (C=O) groups excluding carboxylic acids is 1. The molecule has 0 saturated heterocycles. The average molecular weight is 340 g/mol. The van der Waals surface area contributed by atoms with E-state index in [9.17, 15) is 9.18 Å². The molecule has 0 heterocycles. The molecule has 0 N–H and O–H groups in total. The normalized spacial score (nSPS) is 27.3. The SMILES string of the molecule is CC1(Oc2cc(C(=O)Oc3ccccc3)ccc2F)CC2CCC1C2. The highest BCUT2D eigenvalue weighted by Gasteiger charge is 2.50. The Morgan fingerprint density at radius 1 is 1.16 bits per heavy atom. The molecule has 2 fully saturated rings.